The fourth-order valence-electron chi connectivity index (χ4n) is 9.10. The third-order valence-electron chi connectivity index (χ3n) is 10.7. The van der Waals surface area contributed by atoms with Gasteiger partial charge in [0.25, 0.3) is 0 Å². The van der Waals surface area contributed by atoms with E-state index in [1.54, 1.807) is 32.1 Å². The van der Waals surface area contributed by atoms with Crippen molar-refractivity contribution in [3.63, 3.8) is 0 Å². The largest absolute Gasteiger partial charge is 0.0656 e. The molecule has 0 saturated heterocycles. The van der Waals surface area contributed by atoms with Gasteiger partial charge in [-0.3, -0.25) is 0 Å². The molecular weight excluding hydrogens is 360 g/mol. The standard InChI is InChI=1S/C27H48.C3H8/c1-18-22-13-9-5-6-10-14-23(22)19(2)26(18)17-27-20(3)24-15-11-7-8-12-16-25(24)21(27)4;1-3-2/h18-27H,5-17H2,1-4H3;3H2,1-2H3. The first-order valence-electron chi connectivity index (χ1n) is 14.5. The van der Waals surface area contributed by atoms with Crippen molar-refractivity contribution in [2.24, 2.45) is 59.2 Å². The van der Waals surface area contributed by atoms with Gasteiger partial charge in [0.15, 0.2) is 0 Å². The minimum absolute atomic E-state index is 0.996. The summed E-state index contributed by atoms with van der Waals surface area (Å²) in [5.74, 6) is 10.3. The van der Waals surface area contributed by atoms with Crippen molar-refractivity contribution in [1.29, 1.82) is 0 Å². The van der Waals surface area contributed by atoms with Gasteiger partial charge < -0.3 is 0 Å². The maximum Gasteiger partial charge on any atom is -0.0354 e. The van der Waals surface area contributed by atoms with Crippen molar-refractivity contribution < 1.29 is 0 Å². The van der Waals surface area contributed by atoms with E-state index in [2.05, 4.69) is 41.5 Å². The summed E-state index contributed by atoms with van der Waals surface area (Å²) >= 11 is 0. The van der Waals surface area contributed by atoms with Crippen molar-refractivity contribution in [3.8, 4) is 0 Å². The Morgan fingerprint density at radius 2 is 0.667 bits per heavy atom. The minimum atomic E-state index is 0.996. The Balaban J connectivity index is 0.000000806. The second-order valence-electron chi connectivity index (χ2n) is 12.3. The van der Waals surface area contributed by atoms with Crippen LogP contribution in [0.15, 0.2) is 0 Å². The molecule has 0 aromatic carbocycles. The molecule has 0 spiro atoms. The van der Waals surface area contributed by atoms with Crippen LogP contribution in [0.4, 0.5) is 0 Å². The normalized spacial score (nSPS) is 47.0. The van der Waals surface area contributed by atoms with Crippen molar-refractivity contribution in [1.82, 2.24) is 0 Å². The van der Waals surface area contributed by atoms with Gasteiger partial charge in [-0.1, -0.05) is 99.3 Å². The maximum absolute atomic E-state index is 2.67. The Bertz CT molecular complexity index is 398. The van der Waals surface area contributed by atoms with Crippen molar-refractivity contribution in [2.45, 2.75) is 131 Å². The highest BCUT2D eigenvalue weighted by Crippen LogP contribution is 2.58. The van der Waals surface area contributed by atoms with Crippen LogP contribution in [0.3, 0.4) is 0 Å². The summed E-state index contributed by atoms with van der Waals surface area (Å²) in [4.78, 5) is 0. The maximum atomic E-state index is 2.67. The van der Waals surface area contributed by atoms with E-state index in [0.717, 1.165) is 59.2 Å². The lowest BCUT2D eigenvalue weighted by Crippen LogP contribution is -2.23. The first kappa shape index (κ1) is 24.6. The molecular formula is C30H56. The molecule has 0 amide bonds. The summed E-state index contributed by atoms with van der Waals surface area (Å²) in [5, 5.41) is 0. The zero-order valence-corrected chi connectivity index (χ0v) is 21.7. The van der Waals surface area contributed by atoms with E-state index in [1.807, 2.05) is 0 Å². The van der Waals surface area contributed by atoms with Crippen LogP contribution in [0.2, 0.25) is 0 Å². The lowest BCUT2D eigenvalue weighted by molar-refractivity contribution is 0.187. The molecule has 0 aliphatic heterocycles. The molecule has 176 valence electrons. The predicted octanol–water partition coefficient (Wildman–Crippen LogP) is 9.77. The van der Waals surface area contributed by atoms with E-state index in [1.165, 1.54) is 57.8 Å². The summed E-state index contributed by atoms with van der Waals surface area (Å²) in [5.41, 5.74) is 0. The monoisotopic (exact) mass is 416 g/mol. The smallest absolute Gasteiger partial charge is 0.0354 e. The number of hydrogen-bond acceptors (Lipinski definition) is 0. The van der Waals surface area contributed by atoms with Gasteiger partial charge in [-0.2, -0.15) is 0 Å². The van der Waals surface area contributed by atoms with Gasteiger partial charge in [0, 0.05) is 0 Å². The van der Waals surface area contributed by atoms with E-state index in [0.29, 0.717) is 0 Å². The highest BCUT2D eigenvalue weighted by Gasteiger charge is 2.50. The summed E-state index contributed by atoms with van der Waals surface area (Å²) < 4.78 is 0. The molecule has 0 bridgehead atoms. The predicted molar refractivity (Wildman–Crippen MR) is 134 cm³/mol. The van der Waals surface area contributed by atoms with E-state index in [4.69, 9.17) is 0 Å². The van der Waals surface area contributed by atoms with Crippen LogP contribution in [0.25, 0.3) is 0 Å². The molecule has 0 aromatic rings. The molecule has 0 radical (unpaired) electrons. The summed E-state index contributed by atoms with van der Waals surface area (Å²) in [6.07, 6.45) is 21.1. The number of rotatable bonds is 2. The average molecular weight is 417 g/mol. The molecule has 0 aromatic heterocycles. The molecule has 0 N–H and O–H groups in total. The molecule has 0 heterocycles. The van der Waals surface area contributed by atoms with Crippen molar-refractivity contribution >= 4 is 0 Å². The highest BCUT2D eigenvalue weighted by atomic mass is 14.6. The zero-order valence-electron chi connectivity index (χ0n) is 21.7. The molecule has 4 aliphatic rings. The molecule has 4 saturated carbocycles. The van der Waals surface area contributed by atoms with Crippen LogP contribution in [-0.4, -0.2) is 0 Å². The van der Waals surface area contributed by atoms with Crippen LogP contribution in [0, 0.1) is 59.2 Å². The van der Waals surface area contributed by atoms with Crippen LogP contribution in [0.5, 0.6) is 0 Å². The van der Waals surface area contributed by atoms with E-state index in [9.17, 15) is 0 Å². The Hall–Kier alpha value is 0. The molecule has 0 nitrogen and oxygen atoms in total. The second-order valence-corrected chi connectivity index (χ2v) is 12.3. The number of fused-ring (bicyclic) bond motifs is 2. The van der Waals surface area contributed by atoms with Crippen molar-refractivity contribution in [3.05, 3.63) is 0 Å². The van der Waals surface area contributed by atoms with Gasteiger partial charge in [-0.15, -0.1) is 0 Å². The van der Waals surface area contributed by atoms with E-state index in [-0.39, 0.29) is 0 Å². The van der Waals surface area contributed by atoms with Gasteiger partial charge in [-0.05, 0) is 91.3 Å². The summed E-state index contributed by atoms with van der Waals surface area (Å²) in [7, 11) is 0. The topological polar surface area (TPSA) is 0 Å². The molecule has 30 heavy (non-hydrogen) atoms. The van der Waals surface area contributed by atoms with Crippen LogP contribution >= 0.6 is 0 Å². The van der Waals surface area contributed by atoms with Crippen LogP contribution in [-0.2, 0) is 0 Å². The van der Waals surface area contributed by atoms with E-state index < -0.39 is 0 Å². The zero-order chi connectivity index (χ0) is 21.7. The Kier molecular flexibility index (Phi) is 9.65. The lowest BCUT2D eigenvalue weighted by Gasteiger charge is -2.30. The Morgan fingerprint density at radius 3 is 0.900 bits per heavy atom. The average Bonchev–Trinajstić information content (AvgIpc) is 3.00. The van der Waals surface area contributed by atoms with Crippen LogP contribution in [0.1, 0.15) is 131 Å². The fourth-order valence-corrected chi connectivity index (χ4v) is 9.10. The van der Waals surface area contributed by atoms with Gasteiger partial charge >= 0.3 is 0 Å². The van der Waals surface area contributed by atoms with Crippen LogP contribution < -0.4 is 0 Å². The minimum Gasteiger partial charge on any atom is -0.0656 e. The van der Waals surface area contributed by atoms with E-state index >= 15 is 0 Å². The first-order valence-corrected chi connectivity index (χ1v) is 14.5. The second kappa shape index (κ2) is 11.7. The molecule has 8 unspecified atom stereocenters. The van der Waals surface area contributed by atoms with Crippen molar-refractivity contribution in [2.75, 3.05) is 0 Å². The summed E-state index contributed by atoms with van der Waals surface area (Å²) in [6, 6.07) is 0. The molecule has 0 heteroatoms. The molecule has 4 fully saturated rings. The first-order chi connectivity index (χ1) is 14.5. The molecule has 8 atom stereocenters. The Labute approximate surface area is 190 Å². The lowest BCUT2D eigenvalue weighted by atomic mass is 9.75. The SMILES string of the molecule is CC1C(CC2C(C)C3CCCCCCC3C2C)C(C)C2CCCCCCC12.CCC. The van der Waals surface area contributed by atoms with Gasteiger partial charge in [0.2, 0.25) is 0 Å². The third kappa shape index (κ3) is 5.31. The Morgan fingerprint density at radius 1 is 0.433 bits per heavy atom. The fraction of sp³-hybridized carbons (Fsp3) is 1.00. The summed E-state index contributed by atoms with van der Waals surface area (Å²) in [6.45, 7) is 14.9. The molecule has 4 rings (SSSR count). The van der Waals surface area contributed by atoms with Gasteiger partial charge in [0.05, 0.1) is 0 Å². The third-order valence-corrected chi connectivity index (χ3v) is 10.7. The quantitative estimate of drug-likeness (QED) is 0.420. The van der Waals surface area contributed by atoms with Gasteiger partial charge in [-0.25, -0.2) is 0 Å². The highest BCUT2D eigenvalue weighted by molar-refractivity contribution is 4.99. The van der Waals surface area contributed by atoms with Gasteiger partial charge in [0.1, 0.15) is 0 Å². The number of hydrogen-bond donors (Lipinski definition) is 0. The molecule has 4 aliphatic carbocycles.